The number of nitrogens with zero attached hydrogens (tertiary/aromatic N) is 2. The summed E-state index contributed by atoms with van der Waals surface area (Å²) in [5.74, 6) is 0.653. The van der Waals surface area contributed by atoms with Gasteiger partial charge in [-0.3, -0.25) is 14.5 Å². The standard InChI is InChI=1S/C28H35Cl2N3O4/c1-17-13-33(18(2)16-34)27(35)12-21-11-22(31-28(36)20-5-6-20)7-9-25(21)37-26(17)15-32(3)14-19-4-8-23(29)24(30)10-19/h4,7-11,17-18,20,26,34H,5-6,12-16H2,1-3H3,(H,31,36)/t17-,18-,26-/m1/s1. The van der Waals surface area contributed by atoms with Crippen molar-refractivity contribution in [3.63, 3.8) is 0 Å². The normalized spacial score (nSPS) is 20.9. The van der Waals surface area contributed by atoms with Crippen LogP contribution in [0.4, 0.5) is 5.69 Å². The van der Waals surface area contributed by atoms with Crippen molar-refractivity contribution < 1.29 is 19.4 Å². The van der Waals surface area contributed by atoms with Gasteiger partial charge in [0.1, 0.15) is 11.9 Å². The van der Waals surface area contributed by atoms with Crippen LogP contribution in [0.1, 0.15) is 37.8 Å². The number of nitrogens with one attached hydrogen (secondary N) is 1. The zero-order valence-corrected chi connectivity index (χ0v) is 23.1. The van der Waals surface area contributed by atoms with E-state index in [9.17, 15) is 14.7 Å². The summed E-state index contributed by atoms with van der Waals surface area (Å²) in [5.41, 5.74) is 2.42. The molecule has 1 fully saturated rings. The summed E-state index contributed by atoms with van der Waals surface area (Å²) in [4.78, 5) is 29.6. The maximum Gasteiger partial charge on any atom is 0.227 e. The molecule has 2 amide bonds. The van der Waals surface area contributed by atoms with Crippen LogP contribution in [0, 0.1) is 11.8 Å². The van der Waals surface area contributed by atoms with Crippen LogP contribution in [0.25, 0.3) is 0 Å². The minimum Gasteiger partial charge on any atom is -0.488 e. The molecule has 200 valence electrons. The minimum atomic E-state index is -0.316. The summed E-state index contributed by atoms with van der Waals surface area (Å²) in [5, 5.41) is 13.8. The number of hydrogen-bond acceptors (Lipinski definition) is 5. The fourth-order valence-electron chi connectivity index (χ4n) is 4.64. The Morgan fingerprint density at radius 1 is 1.22 bits per heavy atom. The van der Waals surface area contributed by atoms with Gasteiger partial charge in [0.05, 0.1) is 29.1 Å². The van der Waals surface area contributed by atoms with E-state index in [0.717, 1.165) is 24.0 Å². The highest BCUT2D eigenvalue weighted by atomic mass is 35.5. The van der Waals surface area contributed by atoms with Crippen LogP contribution in [0.2, 0.25) is 10.0 Å². The molecule has 1 aliphatic heterocycles. The lowest BCUT2D eigenvalue weighted by molar-refractivity contribution is -0.134. The van der Waals surface area contributed by atoms with Gasteiger partial charge in [0.25, 0.3) is 0 Å². The van der Waals surface area contributed by atoms with E-state index in [1.807, 2.05) is 44.3 Å². The molecule has 1 saturated carbocycles. The molecule has 1 heterocycles. The number of halogens is 2. The predicted octanol–water partition coefficient (Wildman–Crippen LogP) is 4.62. The summed E-state index contributed by atoms with van der Waals surface area (Å²) in [7, 11) is 2.02. The number of anilines is 1. The Morgan fingerprint density at radius 3 is 2.65 bits per heavy atom. The van der Waals surface area contributed by atoms with Crippen molar-refractivity contribution in [2.75, 3.05) is 32.1 Å². The Kier molecular flexibility index (Phi) is 9.01. The van der Waals surface area contributed by atoms with Gasteiger partial charge in [-0.15, -0.1) is 0 Å². The molecule has 1 aliphatic carbocycles. The third-order valence-electron chi connectivity index (χ3n) is 7.06. The van der Waals surface area contributed by atoms with Crippen LogP contribution >= 0.6 is 23.2 Å². The van der Waals surface area contributed by atoms with Gasteiger partial charge < -0.3 is 20.1 Å². The van der Waals surface area contributed by atoms with Gasteiger partial charge in [0.2, 0.25) is 11.8 Å². The lowest BCUT2D eigenvalue weighted by Gasteiger charge is -2.34. The van der Waals surface area contributed by atoms with Crippen molar-refractivity contribution in [2.24, 2.45) is 11.8 Å². The van der Waals surface area contributed by atoms with Gasteiger partial charge in [-0.1, -0.05) is 36.2 Å². The number of benzene rings is 2. The monoisotopic (exact) mass is 547 g/mol. The molecule has 2 aromatic rings. The van der Waals surface area contributed by atoms with Gasteiger partial charge in [-0.2, -0.15) is 0 Å². The second-order valence-electron chi connectivity index (χ2n) is 10.4. The van der Waals surface area contributed by atoms with E-state index in [0.29, 0.717) is 41.1 Å². The molecule has 4 rings (SSSR count). The fraction of sp³-hybridized carbons (Fsp3) is 0.500. The number of hydrogen-bond donors (Lipinski definition) is 2. The second kappa shape index (κ2) is 12.0. The van der Waals surface area contributed by atoms with Crippen LogP contribution in [-0.2, 0) is 22.6 Å². The Morgan fingerprint density at radius 2 is 1.97 bits per heavy atom. The first-order chi connectivity index (χ1) is 17.6. The highest BCUT2D eigenvalue weighted by Gasteiger charge is 2.32. The Bertz CT molecular complexity index is 1140. The second-order valence-corrected chi connectivity index (χ2v) is 11.2. The summed E-state index contributed by atoms with van der Waals surface area (Å²) in [6.45, 7) is 5.52. The number of ether oxygens (including phenoxy) is 1. The number of rotatable bonds is 8. The van der Waals surface area contributed by atoms with E-state index >= 15 is 0 Å². The maximum atomic E-state index is 13.3. The molecule has 37 heavy (non-hydrogen) atoms. The first-order valence-corrected chi connectivity index (χ1v) is 13.5. The molecule has 7 nitrogen and oxygen atoms in total. The topological polar surface area (TPSA) is 82.1 Å². The van der Waals surface area contributed by atoms with Crippen LogP contribution in [0.5, 0.6) is 5.75 Å². The highest BCUT2D eigenvalue weighted by molar-refractivity contribution is 6.42. The van der Waals surface area contributed by atoms with Crippen LogP contribution in [0.15, 0.2) is 36.4 Å². The van der Waals surface area contributed by atoms with E-state index in [4.69, 9.17) is 27.9 Å². The van der Waals surface area contributed by atoms with E-state index in [1.165, 1.54) is 0 Å². The van der Waals surface area contributed by atoms with Crippen LogP contribution < -0.4 is 10.1 Å². The van der Waals surface area contributed by atoms with Gasteiger partial charge in [-0.05, 0) is 62.7 Å². The molecule has 0 aromatic heterocycles. The largest absolute Gasteiger partial charge is 0.488 e. The van der Waals surface area contributed by atoms with Gasteiger partial charge >= 0.3 is 0 Å². The van der Waals surface area contributed by atoms with E-state index in [1.54, 1.807) is 11.0 Å². The predicted molar refractivity (Wildman–Crippen MR) is 146 cm³/mol. The molecule has 2 aliphatic rings. The van der Waals surface area contributed by atoms with Gasteiger partial charge in [-0.25, -0.2) is 0 Å². The molecular formula is C28H35Cl2N3O4. The summed E-state index contributed by atoms with van der Waals surface area (Å²) in [6.07, 6.45) is 1.74. The van der Waals surface area contributed by atoms with Gasteiger partial charge in [0, 0.05) is 42.7 Å². The molecule has 0 bridgehead atoms. The van der Waals surface area contributed by atoms with Crippen molar-refractivity contribution in [3.05, 3.63) is 57.6 Å². The highest BCUT2D eigenvalue weighted by Crippen LogP contribution is 2.33. The molecular weight excluding hydrogens is 513 g/mol. The zero-order chi connectivity index (χ0) is 26.7. The maximum absolute atomic E-state index is 13.3. The number of aliphatic hydroxyl groups excluding tert-OH is 1. The Balaban J connectivity index is 1.58. The van der Waals surface area contributed by atoms with Crippen molar-refractivity contribution in [1.82, 2.24) is 9.80 Å². The number of carbonyl (C=O) groups excluding carboxylic acids is 2. The van der Waals surface area contributed by atoms with Crippen molar-refractivity contribution in [3.8, 4) is 5.75 Å². The summed E-state index contributed by atoms with van der Waals surface area (Å²) >= 11 is 12.3. The smallest absolute Gasteiger partial charge is 0.227 e. The van der Waals surface area contributed by atoms with E-state index < -0.39 is 0 Å². The van der Waals surface area contributed by atoms with Crippen LogP contribution in [0.3, 0.4) is 0 Å². The first-order valence-electron chi connectivity index (χ1n) is 12.8. The number of fused-ring (bicyclic) bond motifs is 1. The Hall–Kier alpha value is -2.32. The summed E-state index contributed by atoms with van der Waals surface area (Å²) < 4.78 is 6.57. The molecule has 0 unspecified atom stereocenters. The molecule has 9 heteroatoms. The van der Waals surface area contributed by atoms with Crippen LogP contribution in [-0.4, -0.2) is 65.6 Å². The molecule has 0 radical (unpaired) electrons. The number of carbonyl (C=O) groups is 2. The average molecular weight is 549 g/mol. The van der Waals surface area contributed by atoms with E-state index in [-0.39, 0.29) is 48.8 Å². The quantitative estimate of drug-likeness (QED) is 0.503. The number of likely N-dealkylation sites (N-methyl/N-ethyl adjacent to an activating group) is 1. The summed E-state index contributed by atoms with van der Waals surface area (Å²) in [6, 6.07) is 10.8. The lowest BCUT2D eigenvalue weighted by atomic mass is 10.0. The van der Waals surface area contributed by atoms with Crippen molar-refractivity contribution in [1.29, 1.82) is 0 Å². The molecule has 3 atom stereocenters. The minimum absolute atomic E-state index is 0.00518. The number of aliphatic hydroxyl groups is 1. The van der Waals surface area contributed by atoms with Gasteiger partial charge in [0.15, 0.2) is 0 Å². The third kappa shape index (κ3) is 7.17. The SMILES string of the molecule is C[C@@H]1CN([C@H](C)CO)C(=O)Cc2cc(NC(=O)C3CC3)ccc2O[C@@H]1CN(C)Cc1ccc(Cl)c(Cl)c1. The van der Waals surface area contributed by atoms with Crippen molar-refractivity contribution >= 4 is 40.7 Å². The number of amides is 2. The van der Waals surface area contributed by atoms with E-state index in [2.05, 4.69) is 17.1 Å². The molecule has 0 spiro atoms. The molecule has 2 aromatic carbocycles. The van der Waals surface area contributed by atoms with Crippen molar-refractivity contribution in [2.45, 2.75) is 51.8 Å². The first kappa shape index (κ1) is 27.7. The average Bonchev–Trinajstić information content (AvgIpc) is 3.70. The zero-order valence-electron chi connectivity index (χ0n) is 21.5. The Labute approximate surface area is 228 Å². The third-order valence-corrected chi connectivity index (χ3v) is 7.80. The lowest BCUT2D eigenvalue weighted by Crippen LogP contribution is -2.47. The fourth-order valence-corrected chi connectivity index (χ4v) is 4.96. The molecule has 0 saturated heterocycles. The molecule has 2 N–H and O–H groups in total.